The molecule has 1 heterocycles. The number of hydrogen-bond acceptors (Lipinski definition) is 3. The highest BCUT2D eigenvalue weighted by molar-refractivity contribution is 5.85. The molecule has 0 saturated carbocycles. The maximum absolute atomic E-state index is 12.2. The van der Waals surface area contributed by atoms with E-state index in [1.807, 2.05) is 30.3 Å². The van der Waals surface area contributed by atoms with Crippen LogP contribution >= 0.6 is 12.4 Å². The monoisotopic (exact) mass is 360 g/mol. The number of ether oxygens (including phenoxy) is 1. The molecule has 2 aromatic carbocycles. The SMILES string of the molecule is COc1cccc(-c2cccc(CNC(=O)C3CCCCN3)c2)c1.Cl. The predicted molar refractivity (Wildman–Crippen MR) is 103 cm³/mol. The van der Waals surface area contributed by atoms with E-state index in [0.717, 1.165) is 48.2 Å². The van der Waals surface area contributed by atoms with Crippen LogP contribution in [0.2, 0.25) is 0 Å². The fourth-order valence-corrected chi connectivity index (χ4v) is 3.05. The molecule has 0 aromatic heterocycles. The number of piperidine rings is 1. The van der Waals surface area contributed by atoms with Crippen LogP contribution in [0.4, 0.5) is 0 Å². The number of carbonyl (C=O) groups is 1. The van der Waals surface area contributed by atoms with Gasteiger partial charge in [-0.3, -0.25) is 4.79 Å². The molecule has 1 atom stereocenters. The van der Waals surface area contributed by atoms with Crippen molar-refractivity contribution in [3.8, 4) is 16.9 Å². The molecule has 134 valence electrons. The van der Waals surface area contributed by atoms with Crippen LogP contribution < -0.4 is 15.4 Å². The van der Waals surface area contributed by atoms with Gasteiger partial charge in [-0.05, 0) is 54.3 Å². The smallest absolute Gasteiger partial charge is 0.237 e. The summed E-state index contributed by atoms with van der Waals surface area (Å²) in [6, 6.07) is 16.2. The lowest BCUT2D eigenvalue weighted by Crippen LogP contribution is -2.46. The first-order valence-electron chi connectivity index (χ1n) is 8.51. The lowest BCUT2D eigenvalue weighted by Gasteiger charge is -2.22. The Morgan fingerprint density at radius 2 is 1.92 bits per heavy atom. The molecule has 1 aliphatic rings. The Hall–Kier alpha value is -2.04. The molecule has 1 aliphatic heterocycles. The fourth-order valence-electron chi connectivity index (χ4n) is 3.05. The van der Waals surface area contributed by atoms with Gasteiger partial charge in [0.15, 0.2) is 0 Å². The number of hydrogen-bond donors (Lipinski definition) is 2. The number of halogens is 1. The van der Waals surface area contributed by atoms with E-state index in [9.17, 15) is 4.79 Å². The zero-order valence-electron chi connectivity index (χ0n) is 14.5. The van der Waals surface area contributed by atoms with E-state index in [2.05, 4.69) is 28.8 Å². The van der Waals surface area contributed by atoms with Gasteiger partial charge in [0.05, 0.1) is 13.2 Å². The van der Waals surface area contributed by atoms with Crippen LogP contribution in [0.3, 0.4) is 0 Å². The van der Waals surface area contributed by atoms with Crippen molar-refractivity contribution >= 4 is 18.3 Å². The molecule has 0 spiro atoms. The molecule has 25 heavy (non-hydrogen) atoms. The molecule has 2 N–H and O–H groups in total. The summed E-state index contributed by atoms with van der Waals surface area (Å²) >= 11 is 0. The highest BCUT2D eigenvalue weighted by Crippen LogP contribution is 2.24. The van der Waals surface area contributed by atoms with Crippen molar-refractivity contribution in [3.05, 3.63) is 54.1 Å². The van der Waals surface area contributed by atoms with Gasteiger partial charge in [-0.1, -0.05) is 36.8 Å². The third-order valence-electron chi connectivity index (χ3n) is 4.42. The van der Waals surface area contributed by atoms with E-state index in [1.165, 1.54) is 0 Å². The van der Waals surface area contributed by atoms with E-state index >= 15 is 0 Å². The molecule has 1 saturated heterocycles. The number of nitrogens with one attached hydrogen (secondary N) is 2. The van der Waals surface area contributed by atoms with Crippen molar-refractivity contribution in [1.29, 1.82) is 0 Å². The maximum Gasteiger partial charge on any atom is 0.237 e. The van der Waals surface area contributed by atoms with Crippen LogP contribution in [0.25, 0.3) is 11.1 Å². The Labute approximate surface area is 155 Å². The minimum Gasteiger partial charge on any atom is -0.497 e. The van der Waals surface area contributed by atoms with Crippen LogP contribution in [0.15, 0.2) is 48.5 Å². The number of rotatable bonds is 5. The largest absolute Gasteiger partial charge is 0.497 e. The first-order valence-corrected chi connectivity index (χ1v) is 8.51. The lowest BCUT2D eigenvalue weighted by molar-refractivity contribution is -0.123. The van der Waals surface area contributed by atoms with Crippen LogP contribution in [-0.4, -0.2) is 25.6 Å². The maximum atomic E-state index is 12.2. The van der Waals surface area contributed by atoms with Crippen LogP contribution in [0, 0.1) is 0 Å². The molecule has 0 aliphatic carbocycles. The van der Waals surface area contributed by atoms with E-state index in [0.29, 0.717) is 6.54 Å². The predicted octanol–water partition coefficient (Wildman–Crippen LogP) is 3.54. The Morgan fingerprint density at radius 1 is 1.16 bits per heavy atom. The molecular weight excluding hydrogens is 336 g/mol. The summed E-state index contributed by atoms with van der Waals surface area (Å²) in [5.41, 5.74) is 3.33. The topological polar surface area (TPSA) is 50.4 Å². The number of amides is 1. The summed E-state index contributed by atoms with van der Waals surface area (Å²) in [5, 5.41) is 6.32. The highest BCUT2D eigenvalue weighted by atomic mass is 35.5. The van der Waals surface area contributed by atoms with Crippen molar-refractivity contribution < 1.29 is 9.53 Å². The van der Waals surface area contributed by atoms with E-state index in [-0.39, 0.29) is 24.4 Å². The Morgan fingerprint density at radius 3 is 2.64 bits per heavy atom. The average molecular weight is 361 g/mol. The highest BCUT2D eigenvalue weighted by Gasteiger charge is 2.19. The zero-order valence-corrected chi connectivity index (χ0v) is 15.3. The second-order valence-electron chi connectivity index (χ2n) is 6.15. The Kier molecular flexibility index (Phi) is 7.29. The fraction of sp³-hybridized carbons (Fsp3) is 0.350. The molecule has 4 nitrogen and oxygen atoms in total. The van der Waals surface area contributed by atoms with E-state index in [4.69, 9.17) is 4.74 Å². The second kappa shape index (κ2) is 9.44. The van der Waals surface area contributed by atoms with Crippen molar-refractivity contribution in [1.82, 2.24) is 10.6 Å². The minimum atomic E-state index is -0.0414. The number of carbonyl (C=O) groups excluding carboxylic acids is 1. The standard InChI is InChI=1S/C20H24N2O2.ClH/c1-24-18-9-5-8-17(13-18)16-7-4-6-15(12-16)14-22-20(23)19-10-2-3-11-21-19;/h4-9,12-13,19,21H,2-3,10-11,14H2,1H3,(H,22,23);1H. The lowest BCUT2D eigenvalue weighted by atomic mass is 10.0. The summed E-state index contributed by atoms with van der Waals surface area (Å²) in [6.45, 7) is 1.48. The zero-order chi connectivity index (χ0) is 16.8. The van der Waals surface area contributed by atoms with Gasteiger partial charge in [-0.25, -0.2) is 0 Å². The molecule has 0 radical (unpaired) electrons. The van der Waals surface area contributed by atoms with Gasteiger partial charge in [0.1, 0.15) is 5.75 Å². The third kappa shape index (κ3) is 5.21. The first-order chi connectivity index (χ1) is 11.8. The van der Waals surface area contributed by atoms with Gasteiger partial charge >= 0.3 is 0 Å². The molecule has 3 rings (SSSR count). The molecule has 0 bridgehead atoms. The van der Waals surface area contributed by atoms with Crippen LogP contribution in [-0.2, 0) is 11.3 Å². The molecule has 1 amide bonds. The first kappa shape index (κ1) is 19.3. The van der Waals surface area contributed by atoms with Crippen LogP contribution in [0.5, 0.6) is 5.75 Å². The van der Waals surface area contributed by atoms with Gasteiger partial charge in [0.2, 0.25) is 5.91 Å². The van der Waals surface area contributed by atoms with E-state index in [1.54, 1.807) is 7.11 Å². The van der Waals surface area contributed by atoms with Gasteiger partial charge in [0, 0.05) is 6.54 Å². The molecule has 5 heteroatoms. The third-order valence-corrected chi connectivity index (χ3v) is 4.42. The van der Waals surface area contributed by atoms with Crippen molar-refractivity contribution in [2.75, 3.05) is 13.7 Å². The van der Waals surface area contributed by atoms with Crippen molar-refractivity contribution in [2.45, 2.75) is 31.8 Å². The van der Waals surface area contributed by atoms with Gasteiger partial charge in [0.25, 0.3) is 0 Å². The van der Waals surface area contributed by atoms with Crippen molar-refractivity contribution in [3.63, 3.8) is 0 Å². The molecule has 1 fully saturated rings. The summed E-state index contributed by atoms with van der Waals surface area (Å²) in [4.78, 5) is 12.2. The Balaban J connectivity index is 0.00000225. The summed E-state index contributed by atoms with van der Waals surface area (Å²) in [5.74, 6) is 0.941. The quantitative estimate of drug-likeness (QED) is 0.857. The molecule has 2 aromatic rings. The van der Waals surface area contributed by atoms with E-state index < -0.39 is 0 Å². The molecular formula is C20H25ClN2O2. The summed E-state index contributed by atoms with van der Waals surface area (Å²) in [7, 11) is 1.67. The van der Waals surface area contributed by atoms with Gasteiger partial charge < -0.3 is 15.4 Å². The summed E-state index contributed by atoms with van der Waals surface area (Å²) < 4.78 is 5.29. The van der Waals surface area contributed by atoms with Gasteiger partial charge in [-0.15, -0.1) is 12.4 Å². The molecule has 1 unspecified atom stereocenters. The summed E-state index contributed by atoms with van der Waals surface area (Å²) in [6.07, 6.45) is 3.21. The van der Waals surface area contributed by atoms with Gasteiger partial charge in [-0.2, -0.15) is 0 Å². The average Bonchev–Trinajstić information content (AvgIpc) is 2.67. The number of methoxy groups -OCH3 is 1. The van der Waals surface area contributed by atoms with Crippen molar-refractivity contribution in [2.24, 2.45) is 0 Å². The van der Waals surface area contributed by atoms with Crippen LogP contribution in [0.1, 0.15) is 24.8 Å². The number of benzene rings is 2. The second-order valence-corrected chi connectivity index (χ2v) is 6.15. The normalized spacial score (nSPS) is 16.6. The minimum absolute atomic E-state index is 0. The Bertz CT molecular complexity index is 700.